The van der Waals surface area contributed by atoms with Gasteiger partial charge in [0.1, 0.15) is 5.82 Å². The van der Waals surface area contributed by atoms with Gasteiger partial charge in [-0.3, -0.25) is 0 Å². The molecule has 3 nitrogen and oxygen atoms in total. The topological polar surface area (TPSA) is 35.5 Å². The van der Waals surface area contributed by atoms with Gasteiger partial charge in [0.25, 0.3) is 0 Å². The summed E-state index contributed by atoms with van der Waals surface area (Å²) in [7, 11) is -2.01. The van der Waals surface area contributed by atoms with Gasteiger partial charge < -0.3 is 9.16 Å². The van der Waals surface area contributed by atoms with Crippen LogP contribution in [0.1, 0.15) is 64.5 Å². The summed E-state index contributed by atoms with van der Waals surface area (Å²) in [4.78, 5) is 12.1. The highest BCUT2D eigenvalue weighted by atomic mass is 28.4. The summed E-state index contributed by atoms with van der Waals surface area (Å²) >= 11 is 0. The predicted molar refractivity (Wildman–Crippen MR) is 110 cm³/mol. The van der Waals surface area contributed by atoms with E-state index in [9.17, 15) is 9.18 Å². The zero-order chi connectivity index (χ0) is 20.5. The average molecular weight is 393 g/mol. The van der Waals surface area contributed by atoms with Crippen molar-refractivity contribution in [1.29, 1.82) is 0 Å². The first-order valence-corrected chi connectivity index (χ1v) is 12.7. The Balaban J connectivity index is 2.17. The van der Waals surface area contributed by atoms with Crippen LogP contribution in [0, 0.1) is 5.82 Å². The van der Waals surface area contributed by atoms with Gasteiger partial charge in [0, 0.05) is 5.56 Å². The Labute approximate surface area is 164 Å². The lowest BCUT2D eigenvalue weighted by molar-refractivity contribution is -0.136. The average Bonchev–Trinajstić information content (AvgIpc) is 3.32. The molecule has 0 atom stereocenters. The monoisotopic (exact) mass is 392 g/mol. The first-order valence-electron chi connectivity index (χ1n) is 9.80. The first-order chi connectivity index (χ1) is 12.4. The third-order valence-electron chi connectivity index (χ3n) is 5.75. The van der Waals surface area contributed by atoms with Crippen LogP contribution in [0.25, 0.3) is 5.57 Å². The summed E-state index contributed by atoms with van der Waals surface area (Å²) in [6.45, 7) is 17.1. The molecule has 0 radical (unpaired) electrons. The van der Waals surface area contributed by atoms with Crippen LogP contribution in [-0.2, 0) is 19.6 Å². The van der Waals surface area contributed by atoms with Gasteiger partial charge in [0.15, 0.2) is 8.32 Å². The molecular weight excluding hydrogens is 359 g/mol. The molecule has 1 aliphatic rings. The number of hydrogen-bond acceptors (Lipinski definition) is 3. The third-order valence-corrected chi connectivity index (χ3v) is 10.3. The Morgan fingerprint density at radius 3 is 2.41 bits per heavy atom. The van der Waals surface area contributed by atoms with Crippen LogP contribution in [0.15, 0.2) is 24.8 Å². The normalized spacial score (nSPS) is 16.1. The molecule has 0 aliphatic heterocycles. The Morgan fingerprint density at radius 1 is 1.30 bits per heavy atom. The Bertz CT molecular complexity index is 715. The largest absolute Gasteiger partial charge is 0.462 e. The summed E-state index contributed by atoms with van der Waals surface area (Å²) in [5.41, 5.74) is 0.713. The number of carbonyl (C=O) groups is 1. The molecule has 0 saturated heterocycles. The molecule has 1 saturated carbocycles. The molecule has 27 heavy (non-hydrogen) atoms. The highest BCUT2D eigenvalue weighted by Crippen LogP contribution is 2.54. The lowest BCUT2D eigenvalue weighted by Gasteiger charge is -2.40. The summed E-state index contributed by atoms with van der Waals surface area (Å²) in [6.07, 6.45) is 3.41. The van der Waals surface area contributed by atoms with Gasteiger partial charge >= 0.3 is 5.97 Å². The van der Waals surface area contributed by atoms with Gasteiger partial charge in [-0.2, -0.15) is 0 Å². The SMILES string of the molecule is C=C(C(=O)OCCCC)c1ccc(C2(O[Si](C)(C)C(C)(C)C)CC2)c(F)c1. The standard InChI is InChI=1S/C22H33FO3Si/c1-8-9-14-25-20(24)16(2)17-10-11-18(19(23)15-17)22(12-13-22)26-27(6,7)21(3,4)5/h10-11,15H,2,8-9,12-14H2,1,3-7H3. The molecular formula is C22H33FO3Si. The maximum absolute atomic E-state index is 14.9. The zero-order valence-electron chi connectivity index (χ0n) is 17.6. The van der Waals surface area contributed by atoms with Gasteiger partial charge in [0.05, 0.1) is 17.8 Å². The number of benzene rings is 1. The van der Waals surface area contributed by atoms with E-state index in [-0.39, 0.29) is 16.4 Å². The van der Waals surface area contributed by atoms with Crippen molar-refractivity contribution in [1.82, 2.24) is 0 Å². The van der Waals surface area contributed by atoms with Gasteiger partial charge in [-0.1, -0.05) is 52.8 Å². The van der Waals surface area contributed by atoms with Crippen molar-refractivity contribution in [2.45, 2.75) is 77.1 Å². The van der Waals surface area contributed by atoms with Crippen LogP contribution < -0.4 is 0 Å². The number of ether oxygens (including phenoxy) is 1. The van der Waals surface area contributed by atoms with Crippen molar-refractivity contribution >= 4 is 19.9 Å². The second-order valence-corrected chi connectivity index (χ2v) is 13.7. The lowest BCUT2D eigenvalue weighted by atomic mass is 10.0. The minimum atomic E-state index is -2.01. The Hall–Kier alpha value is -1.46. The molecule has 0 N–H and O–H groups in total. The van der Waals surface area contributed by atoms with E-state index >= 15 is 0 Å². The summed E-state index contributed by atoms with van der Waals surface area (Å²) in [5.74, 6) is -0.833. The van der Waals surface area contributed by atoms with Crippen LogP contribution >= 0.6 is 0 Å². The lowest BCUT2D eigenvalue weighted by Crippen LogP contribution is -2.44. The van der Waals surface area contributed by atoms with Crippen LogP contribution in [0.3, 0.4) is 0 Å². The van der Waals surface area contributed by atoms with Crippen molar-refractivity contribution in [2.24, 2.45) is 0 Å². The van der Waals surface area contributed by atoms with E-state index in [4.69, 9.17) is 9.16 Å². The van der Waals surface area contributed by atoms with Crippen molar-refractivity contribution < 1.29 is 18.3 Å². The minimum Gasteiger partial charge on any atom is -0.462 e. The van der Waals surface area contributed by atoms with Gasteiger partial charge in [-0.25, -0.2) is 9.18 Å². The van der Waals surface area contributed by atoms with Gasteiger partial charge in [-0.05, 0) is 49.0 Å². The molecule has 0 bridgehead atoms. The fraction of sp³-hybridized carbons (Fsp3) is 0.591. The number of hydrogen-bond donors (Lipinski definition) is 0. The molecule has 5 heteroatoms. The van der Waals surface area contributed by atoms with Gasteiger partial charge in [-0.15, -0.1) is 0 Å². The molecule has 0 amide bonds. The quantitative estimate of drug-likeness (QED) is 0.229. The number of esters is 1. The van der Waals surface area contributed by atoms with Crippen molar-refractivity contribution in [3.05, 3.63) is 41.7 Å². The smallest absolute Gasteiger partial charge is 0.338 e. The van der Waals surface area contributed by atoms with Crippen molar-refractivity contribution in [2.75, 3.05) is 6.61 Å². The molecule has 1 aromatic carbocycles. The molecule has 1 fully saturated rings. The van der Waals surface area contributed by atoms with Crippen LogP contribution in [-0.4, -0.2) is 20.9 Å². The molecule has 0 unspecified atom stereocenters. The fourth-order valence-corrected chi connectivity index (χ4v) is 4.37. The summed E-state index contributed by atoms with van der Waals surface area (Å²) < 4.78 is 26.7. The van der Waals surface area contributed by atoms with E-state index < -0.39 is 19.9 Å². The molecule has 0 spiro atoms. The van der Waals surface area contributed by atoms with E-state index in [1.807, 2.05) is 6.92 Å². The highest BCUT2D eigenvalue weighted by molar-refractivity contribution is 6.74. The molecule has 1 aromatic rings. The number of halogens is 1. The van der Waals surface area contributed by atoms with Crippen molar-refractivity contribution in [3.63, 3.8) is 0 Å². The van der Waals surface area contributed by atoms with E-state index in [0.717, 1.165) is 25.7 Å². The third kappa shape index (κ3) is 4.88. The highest BCUT2D eigenvalue weighted by Gasteiger charge is 2.53. The molecule has 1 aliphatic carbocycles. The number of carbonyl (C=O) groups excluding carboxylic acids is 1. The van der Waals surface area contributed by atoms with Crippen molar-refractivity contribution in [3.8, 4) is 0 Å². The predicted octanol–water partition coefficient (Wildman–Crippen LogP) is 6.19. The molecule has 150 valence electrons. The second-order valence-electron chi connectivity index (χ2n) is 9.02. The van der Waals surface area contributed by atoms with Crippen LogP contribution in [0.4, 0.5) is 4.39 Å². The molecule has 0 heterocycles. The Morgan fingerprint density at radius 2 is 1.93 bits per heavy atom. The number of unbranched alkanes of at least 4 members (excludes halogenated alkanes) is 1. The summed E-state index contributed by atoms with van der Waals surface area (Å²) in [5, 5.41) is 0.0650. The van der Waals surface area contributed by atoms with Gasteiger partial charge in [0.2, 0.25) is 0 Å². The molecule has 2 rings (SSSR count). The maximum atomic E-state index is 14.9. The zero-order valence-corrected chi connectivity index (χ0v) is 18.6. The molecule has 0 aromatic heterocycles. The maximum Gasteiger partial charge on any atom is 0.338 e. The first kappa shape index (κ1) is 21.8. The van der Waals surface area contributed by atoms with E-state index in [0.29, 0.717) is 17.7 Å². The Kier molecular flexibility index (Phi) is 6.37. The van der Waals surface area contributed by atoms with E-state index in [1.165, 1.54) is 6.07 Å². The van der Waals surface area contributed by atoms with Crippen LogP contribution in [0.5, 0.6) is 0 Å². The number of rotatable bonds is 8. The summed E-state index contributed by atoms with van der Waals surface area (Å²) in [6, 6.07) is 4.88. The minimum absolute atomic E-state index is 0.0650. The van der Waals surface area contributed by atoms with E-state index in [1.54, 1.807) is 12.1 Å². The fourth-order valence-electron chi connectivity index (χ4n) is 2.77. The second kappa shape index (κ2) is 7.88. The van der Waals surface area contributed by atoms with E-state index in [2.05, 4.69) is 40.4 Å². The van der Waals surface area contributed by atoms with Crippen LogP contribution in [0.2, 0.25) is 18.1 Å².